The number of carbonyl (C=O) groups is 2. The molecule has 28 heavy (non-hydrogen) atoms. The van der Waals surface area contributed by atoms with Gasteiger partial charge in [-0.25, -0.2) is 19.1 Å². The number of aliphatic imine (C=N–C) groups is 1. The van der Waals surface area contributed by atoms with Crippen molar-refractivity contribution in [2.24, 2.45) is 22.2 Å². The number of hydrogen-bond acceptors (Lipinski definition) is 6. The van der Waals surface area contributed by atoms with Crippen molar-refractivity contribution in [3.63, 3.8) is 0 Å². The van der Waals surface area contributed by atoms with Crippen LogP contribution in [0.25, 0.3) is 0 Å². The fourth-order valence-corrected chi connectivity index (χ4v) is 4.97. The molecule has 2 heterocycles. The number of aromatic nitrogens is 2. The van der Waals surface area contributed by atoms with Gasteiger partial charge in [-0.1, -0.05) is 13.8 Å². The first-order chi connectivity index (χ1) is 12.9. The predicted molar refractivity (Wildman–Crippen MR) is 103 cm³/mol. The molecular formula is C21H29N3O4. The van der Waals surface area contributed by atoms with E-state index in [-0.39, 0.29) is 11.4 Å². The highest BCUT2D eigenvalue weighted by Crippen LogP contribution is 2.63. The number of carbonyl (C=O) groups excluding carboxylic acids is 2. The third-order valence-corrected chi connectivity index (χ3v) is 6.69. The van der Waals surface area contributed by atoms with Crippen LogP contribution in [0.4, 0.5) is 4.79 Å². The number of imidazole rings is 1. The highest BCUT2D eigenvalue weighted by Gasteiger charge is 2.65. The largest absolute Gasteiger partial charge is 0.451 e. The minimum absolute atomic E-state index is 0.188. The van der Waals surface area contributed by atoms with Crippen LogP contribution in [-0.2, 0) is 20.7 Å². The van der Waals surface area contributed by atoms with E-state index in [9.17, 15) is 9.59 Å². The Bertz CT molecular complexity index is 863. The summed E-state index contributed by atoms with van der Waals surface area (Å²) in [7, 11) is 0. The molecule has 1 aliphatic heterocycles. The lowest BCUT2D eigenvalue weighted by Crippen LogP contribution is -2.68. The molecular weight excluding hydrogens is 358 g/mol. The molecule has 4 aliphatic rings. The monoisotopic (exact) mass is 387 g/mol. The Morgan fingerprint density at radius 3 is 2.71 bits per heavy atom. The SMILES string of the molecule is CC(C)(C)OC(=O)n1cnc(C[C@H]2N=C3C[C@H]4C[C@H](C4(C)C)[C@@]3(C)OC2=O)c1. The molecule has 3 saturated carbocycles. The van der Waals surface area contributed by atoms with E-state index in [0.717, 1.165) is 18.6 Å². The second kappa shape index (κ2) is 5.91. The van der Waals surface area contributed by atoms with Crippen molar-refractivity contribution in [3.8, 4) is 0 Å². The summed E-state index contributed by atoms with van der Waals surface area (Å²) in [5.74, 6) is 0.626. The third kappa shape index (κ3) is 2.95. The molecule has 3 fully saturated rings. The Morgan fingerprint density at radius 1 is 1.36 bits per heavy atom. The Balaban J connectivity index is 1.50. The summed E-state index contributed by atoms with van der Waals surface area (Å²) in [6.07, 6.45) is 4.80. The maximum Gasteiger partial charge on any atom is 0.419 e. The molecule has 3 aliphatic carbocycles. The van der Waals surface area contributed by atoms with Crippen LogP contribution in [0.2, 0.25) is 0 Å². The van der Waals surface area contributed by atoms with Crippen molar-refractivity contribution in [2.45, 2.75) is 78.0 Å². The minimum atomic E-state index is -0.606. The molecule has 7 nitrogen and oxygen atoms in total. The summed E-state index contributed by atoms with van der Waals surface area (Å²) in [4.78, 5) is 33.9. The van der Waals surface area contributed by atoms with Gasteiger partial charge in [-0.15, -0.1) is 0 Å². The number of hydrogen-bond donors (Lipinski definition) is 0. The standard InChI is InChI=1S/C21H29N3O4/c1-19(2,3)28-18(26)24-10-13(22-11-24)9-14-17(25)27-21(6)15-7-12(20(15,4)5)8-16(21)23-14/h10-12,14-15H,7-9H2,1-6H3/t12-,14-,15-,21-/m1/s1. The maximum absolute atomic E-state index is 12.7. The highest BCUT2D eigenvalue weighted by molar-refractivity contribution is 6.00. The predicted octanol–water partition coefficient (Wildman–Crippen LogP) is 3.40. The Morgan fingerprint density at radius 2 is 2.07 bits per heavy atom. The molecule has 0 saturated heterocycles. The lowest BCUT2D eigenvalue weighted by molar-refractivity contribution is -0.187. The quantitative estimate of drug-likeness (QED) is 0.726. The molecule has 7 heteroatoms. The lowest BCUT2D eigenvalue weighted by atomic mass is 9.43. The first-order valence-corrected chi connectivity index (χ1v) is 9.96. The Labute approximate surface area is 165 Å². The molecule has 4 atom stereocenters. The van der Waals surface area contributed by atoms with Crippen LogP contribution in [0.3, 0.4) is 0 Å². The molecule has 0 spiro atoms. The average Bonchev–Trinajstić information content (AvgIpc) is 3.01. The van der Waals surface area contributed by atoms with E-state index >= 15 is 0 Å². The van der Waals surface area contributed by atoms with Gasteiger partial charge >= 0.3 is 12.1 Å². The molecule has 2 bridgehead atoms. The van der Waals surface area contributed by atoms with Crippen molar-refractivity contribution in [3.05, 3.63) is 18.2 Å². The van der Waals surface area contributed by atoms with Gasteiger partial charge in [0.15, 0.2) is 11.6 Å². The molecule has 0 N–H and O–H groups in total. The van der Waals surface area contributed by atoms with E-state index in [0.29, 0.717) is 24.0 Å². The zero-order valence-electron chi connectivity index (χ0n) is 17.5. The summed E-state index contributed by atoms with van der Waals surface area (Å²) in [5.41, 5.74) is 0.640. The summed E-state index contributed by atoms with van der Waals surface area (Å²) < 4.78 is 12.6. The van der Waals surface area contributed by atoms with Crippen molar-refractivity contribution in [2.75, 3.05) is 0 Å². The molecule has 0 unspecified atom stereocenters. The molecule has 0 radical (unpaired) electrons. The zero-order chi connectivity index (χ0) is 20.5. The van der Waals surface area contributed by atoms with Crippen LogP contribution in [0.15, 0.2) is 17.5 Å². The van der Waals surface area contributed by atoms with Gasteiger partial charge in [0.2, 0.25) is 0 Å². The zero-order valence-corrected chi connectivity index (χ0v) is 17.5. The summed E-state index contributed by atoms with van der Waals surface area (Å²) in [5, 5.41) is 0. The van der Waals surface area contributed by atoms with Gasteiger partial charge in [0.25, 0.3) is 0 Å². The normalized spacial score (nSPS) is 33.3. The van der Waals surface area contributed by atoms with Gasteiger partial charge in [0, 0.05) is 18.5 Å². The molecule has 0 aromatic carbocycles. The first kappa shape index (κ1) is 19.2. The van der Waals surface area contributed by atoms with Gasteiger partial charge < -0.3 is 9.47 Å². The average molecular weight is 387 g/mol. The van der Waals surface area contributed by atoms with Gasteiger partial charge in [-0.3, -0.25) is 4.99 Å². The smallest absolute Gasteiger partial charge is 0.419 e. The second-order valence-electron chi connectivity index (χ2n) is 10.1. The van der Waals surface area contributed by atoms with Gasteiger partial charge in [-0.05, 0) is 51.9 Å². The first-order valence-electron chi connectivity index (χ1n) is 9.96. The minimum Gasteiger partial charge on any atom is -0.451 e. The molecule has 152 valence electrons. The number of esters is 1. The molecule has 1 aromatic heterocycles. The van der Waals surface area contributed by atoms with Gasteiger partial charge in [0.1, 0.15) is 11.9 Å². The van der Waals surface area contributed by atoms with Crippen molar-refractivity contribution < 1.29 is 19.1 Å². The van der Waals surface area contributed by atoms with Crippen LogP contribution in [0.1, 0.15) is 60.1 Å². The number of nitrogens with zero attached hydrogens (tertiary/aromatic N) is 3. The van der Waals surface area contributed by atoms with E-state index in [2.05, 4.69) is 18.8 Å². The Hall–Kier alpha value is -2.18. The van der Waals surface area contributed by atoms with E-state index in [4.69, 9.17) is 14.5 Å². The van der Waals surface area contributed by atoms with Crippen LogP contribution >= 0.6 is 0 Å². The lowest BCUT2D eigenvalue weighted by Gasteiger charge is -2.64. The van der Waals surface area contributed by atoms with Crippen LogP contribution in [-0.4, -0.2) is 44.6 Å². The van der Waals surface area contributed by atoms with Gasteiger partial charge in [-0.2, -0.15) is 0 Å². The molecule has 5 rings (SSSR count). The van der Waals surface area contributed by atoms with Crippen molar-refractivity contribution in [1.82, 2.24) is 9.55 Å². The topological polar surface area (TPSA) is 82.8 Å². The van der Waals surface area contributed by atoms with Crippen LogP contribution < -0.4 is 0 Å². The van der Waals surface area contributed by atoms with E-state index < -0.39 is 23.3 Å². The fraction of sp³-hybridized carbons (Fsp3) is 0.714. The van der Waals surface area contributed by atoms with E-state index in [1.54, 1.807) is 6.20 Å². The number of ether oxygens (including phenoxy) is 2. The maximum atomic E-state index is 12.7. The van der Waals surface area contributed by atoms with Crippen molar-refractivity contribution >= 4 is 17.8 Å². The van der Waals surface area contributed by atoms with Gasteiger partial charge in [0.05, 0.1) is 11.4 Å². The van der Waals surface area contributed by atoms with Crippen molar-refractivity contribution in [1.29, 1.82) is 0 Å². The van der Waals surface area contributed by atoms with Crippen LogP contribution in [0, 0.1) is 17.3 Å². The fourth-order valence-electron chi connectivity index (χ4n) is 4.97. The molecule has 1 aromatic rings. The summed E-state index contributed by atoms with van der Waals surface area (Å²) >= 11 is 0. The highest BCUT2D eigenvalue weighted by atomic mass is 16.6. The molecule has 0 amide bonds. The number of rotatable bonds is 2. The third-order valence-electron chi connectivity index (χ3n) is 6.69. The summed E-state index contributed by atoms with van der Waals surface area (Å²) in [6.45, 7) is 12.0. The Kier molecular flexibility index (Phi) is 4.04. The van der Waals surface area contributed by atoms with E-state index in [1.807, 2.05) is 27.7 Å². The second-order valence-corrected chi connectivity index (χ2v) is 10.1. The van der Waals surface area contributed by atoms with Crippen LogP contribution in [0.5, 0.6) is 0 Å². The summed E-state index contributed by atoms with van der Waals surface area (Å²) in [6, 6.07) is -0.606. The van der Waals surface area contributed by atoms with E-state index in [1.165, 1.54) is 10.9 Å².